The van der Waals surface area contributed by atoms with E-state index in [9.17, 15) is 9.59 Å². The summed E-state index contributed by atoms with van der Waals surface area (Å²) < 4.78 is 0. The van der Waals surface area contributed by atoms with Crippen LogP contribution in [0.25, 0.3) is 0 Å². The first-order valence-corrected chi connectivity index (χ1v) is 10.3. The number of rotatable bonds is 12. The molecule has 2 atom stereocenters. The molecule has 0 aliphatic carbocycles. The van der Waals surface area contributed by atoms with E-state index < -0.39 is 12.0 Å². The molecule has 0 aliphatic rings. The smallest absolute Gasteiger partial charge is 0.326 e. The predicted molar refractivity (Wildman–Crippen MR) is 123 cm³/mol. The van der Waals surface area contributed by atoms with Crippen LogP contribution < -0.4 is 16.8 Å². The van der Waals surface area contributed by atoms with E-state index in [2.05, 4.69) is 16.4 Å². The minimum absolute atomic E-state index is 0.0276. The molecule has 0 spiro atoms. The zero-order valence-electron chi connectivity index (χ0n) is 19.1. The van der Waals surface area contributed by atoms with Gasteiger partial charge in [0.15, 0.2) is 5.96 Å². The Kier molecular flexibility index (Phi) is 35.8. The number of nitrogens with one attached hydrogen (secondary N) is 1. The second-order valence-electron chi connectivity index (χ2n) is 5.36. The number of carbonyl (C=O) groups is 2. The Morgan fingerprint density at radius 1 is 1.10 bits per heavy atom. The molecule has 0 radical (unpaired) electrons. The van der Waals surface area contributed by atoms with Crippen LogP contribution in [0.1, 0.15) is 73.6 Å². The number of hydrogen-bond acceptors (Lipinski definition) is 4. The lowest BCUT2D eigenvalue weighted by Gasteiger charge is -2.09. The molecule has 0 saturated heterocycles. The van der Waals surface area contributed by atoms with E-state index >= 15 is 0 Å². The molecule has 2 unspecified atom stereocenters. The van der Waals surface area contributed by atoms with Crippen LogP contribution in [0.5, 0.6) is 0 Å². The molecule has 0 saturated carbocycles. The molecule has 0 aliphatic heterocycles. The highest BCUT2D eigenvalue weighted by Gasteiger charge is 2.14. The fourth-order valence-corrected chi connectivity index (χ4v) is 1.68. The van der Waals surface area contributed by atoms with Crippen molar-refractivity contribution < 1.29 is 19.8 Å². The molecule has 172 valence electrons. The number of unbranched alkanes of at least 4 members (excludes halogenated alkanes) is 1. The first kappa shape index (κ1) is 34.2. The summed E-state index contributed by atoms with van der Waals surface area (Å²) in [4.78, 5) is 24.2. The average Bonchev–Trinajstić information content (AvgIpc) is 2.70. The fraction of sp³-hybridized carbons (Fsp3) is 0.667. The van der Waals surface area contributed by atoms with Crippen LogP contribution >= 0.6 is 0 Å². The van der Waals surface area contributed by atoms with Crippen molar-refractivity contribution in [2.24, 2.45) is 16.5 Å². The number of allylic oxidation sites excluding steroid dienone is 4. The van der Waals surface area contributed by atoms with Gasteiger partial charge in [-0.25, -0.2) is 4.79 Å². The SMILES string of the molecule is C/C=C/C=C/CCCC(C)O.CC.CC.NC(N)=NCCCC(NC=O)C(=O)O. The number of nitrogens with two attached hydrogens (primary N) is 2. The van der Waals surface area contributed by atoms with E-state index in [4.69, 9.17) is 21.7 Å². The zero-order valence-corrected chi connectivity index (χ0v) is 19.1. The number of carboxylic acid groups (broad SMARTS) is 1. The number of guanidine groups is 1. The Morgan fingerprint density at radius 2 is 1.69 bits per heavy atom. The Hall–Kier alpha value is -2.35. The van der Waals surface area contributed by atoms with Gasteiger partial charge in [-0.3, -0.25) is 9.79 Å². The van der Waals surface area contributed by atoms with Gasteiger partial charge in [-0.15, -0.1) is 0 Å². The Morgan fingerprint density at radius 3 is 2.10 bits per heavy atom. The Balaban J connectivity index is -0.000000187. The molecular weight excluding hydrogens is 372 g/mol. The number of aliphatic carboxylic acids is 1. The molecule has 7 N–H and O–H groups in total. The van der Waals surface area contributed by atoms with Crippen molar-refractivity contribution in [1.29, 1.82) is 0 Å². The van der Waals surface area contributed by atoms with Crippen molar-refractivity contribution in [3.8, 4) is 0 Å². The topological polar surface area (TPSA) is 151 Å². The van der Waals surface area contributed by atoms with Gasteiger partial charge in [-0.1, -0.05) is 52.0 Å². The third kappa shape index (κ3) is 37.2. The van der Waals surface area contributed by atoms with Crippen molar-refractivity contribution in [2.45, 2.75) is 85.8 Å². The molecule has 0 bridgehead atoms. The van der Waals surface area contributed by atoms with Crippen molar-refractivity contribution in [3.05, 3.63) is 24.3 Å². The van der Waals surface area contributed by atoms with Crippen LogP contribution in [0.2, 0.25) is 0 Å². The first-order chi connectivity index (χ1) is 13.8. The van der Waals surface area contributed by atoms with Crippen molar-refractivity contribution in [3.63, 3.8) is 0 Å². The summed E-state index contributed by atoms with van der Waals surface area (Å²) in [6.45, 7) is 12.2. The predicted octanol–water partition coefficient (Wildman–Crippen LogP) is 2.96. The van der Waals surface area contributed by atoms with E-state index in [1.54, 1.807) is 0 Å². The summed E-state index contributed by atoms with van der Waals surface area (Å²) in [5.74, 6) is -1.10. The number of nitrogens with zero attached hydrogens (tertiary/aromatic N) is 1. The van der Waals surface area contributed by atoms with Crippen molar-refractivity contribution in [1.82, 2.24) is 5.32 Å². The largest absolute Gasteiger partial charge is 0.480 e. The average molecular weight is 417 g/mol. The van der Waals surface area contributed by atoms with E-state index in [1.807, 2.05) is 59.8 Å². The van der Waals surface area contributed by atoms with E-state index in [0.717, 1.165) is 19.3 Å². The lowest BCUT2D eigenvalue weighted by atomic mass is 10.1. The maximum Gasteiger partial charge on any atom is 0.326 e. The first-order valence-electron chi connectivity index (χ1n) is 10.3. The van der Waals surface area contributed by atoms with E-state index in [-0.39, 0.29) is 12.1 Å². The van der Waals surface area contributed by atoms with Crippen LogP contribution in [-0.4, -0.2) is 47.2 Å². The van der Waals surface area contributed by atoms with Gasteiger partial charge in [0.25, 0.3) is 0 Å². The maximum absolute atomic E-state index is 10.5. The van der Waals surface area contributed by atoms with Gasteiger partial charge >= 0.3 is 5.97 Å². The number of aliphatic imine (C=N–C) groups is 1. The van der Waals surface area contributed by atoms with Crippen LogP contribution in [-0.2, 0) is 9.59 Å². The number of aliphatic hydroxyl groups is 1. The summed E-state index contributed by atoms with van der Waals surface area (Å²) in [6, 6.07) is -0.873. The summed E-state index contributed by atoms with van der Waals surface area (Å²) >= 11 is 0. The van der Waals surface area contributed by atoms with Gasteiger partial charge in [0, 0.05) is 6.54 Å². The van der Waals surface area contributed by atoms with Crippen molar-refractivity contribution >= 4 is 18.3 Å². The van der Waals surface area contributed by atoms with E-state index in [1.165, 1.54) is 0 Å². The Bertz CT molecular complexity index is 432. The van der Waals surface area contributed by atoms with Crippen LogP contribution in [0.15, 0.2) is 29.3 Å². The lowest BCUT2D eigenvalue weighted by Crippen LogP contribution is -2.35. The quantitative estimate of drug-likeness (QED) is 0.108. The molecule has 0 heterocycles. The molecule has 1 amide bonds. The van der Waals surface area contributed by atoms with Gasteiger partial charge in [0.1, 0.15) is 6.04 Å². The third-order valence-electron chi connectivity index (χ3n) is 2.94. The fourth-order valence-electron chi connectivity index (χ4n) is 1.68. The minimum atomic E-state index is -1.07. The molecule has 8 heteroatoms. The summed E-state index contributed by atoms with van der Waals surface area (Å²) in [6.07, 6.45) is 12.2. The summed E-state index contributed by atoms with van der Waals surface area (Å²) in [7, 11) is 0. The second-order valence-corrected chi connectivity index (χ2v) is 5.36. The van der Waals surface area contributed by atoms with E-state index in [0.29, 0.717) is 25.8 Å². The standard InChI is InChI=1S/C10H18O.C7H14N4O3.2C2H6/c1-3-4-5-6-7-8-9-10(2)11;8-7(9)10-3-1-2-5(6(13)14)11-4-12;2*1-2/h3-6,10-11H,7-9H2,1-2H3;4-5H,1-3H2,(H,11,12)(H,13,14)(H4,8,9,10);2*1-2H3/b4-3+,6-5+;;;. The number of aliphatic hydroxyl groups excluding tert-OH is 1. The monoisotopic (exact) mass is 416 g/mol. The second kappa shape index (κ2) is 30.4. The molecule has 0 aromatic heterocycles. The van der Waals surface area contributed by atoms with Gasteiger partial charge in [-0.05, 0) is 46.0 Å². The summed E-state index contributed by atoms with van der Waals surface area (Å²) in [5, 5.41) is 19.7. The van der Waals surface area contributed by atoms with Crippen molar-refractivity contribution in [2.75, 3.05) is 6.54 Å². The highest BCUT2D eigenvalue weighted by atomic mass is 16.4. The molecule has 0 fully saturated rings. The Labute approximate surface area is 177 Å². The van der Waals surface area contributed by atoms with Gasteiger partial charge < -0.3 is 27.0 Å². The highest BCUT2D eigenvalue weighted by molar-refractivity contribution is 5.76. The third-order valence-corrected chi connectivity index (χ3v) is 2.94. The lowest BCUT2D eigenvalue weighted by molar-refractivity contribution is -0.140. The zero-order chi connectivity index (χ0) is 23.5. The van der Waals surface area contributed by atoms with Gasteiger partial charge in [-0.2, -0.15) is 0 Å². The maximum atomic E-state index is 10.5. The molecule has 0 aromatic carbocycles. The summed E-state index contributed by atoms with van der Waals surface area (Å²) in [5.41, 5.74) is 10.1. The number of carbonyl (C=O) groups excluding carboxylic acids is 1. The molecule has 0 rings (SSSR count). The molecule has 29 heavy (non-hydrogen) atoms. The minimum Gasteiger partial charge on any atom is -0.480 e. The van der Waals surface area contributed by atoms with Crippen LogP contribution in [0.3, 0.4) is 0 Å². The number of carboxylic acids is 1. The van der Waals surface area contributed by atoms with Gasteiger partial charge in [0.2, 0.25) is 6.41 Å². The highest BCUT2D eigenvalue weighted by Crippen LogP contribution is 2.00. The van der Waals surface area contributed by atoms with Crippen LogP contribution in [0, 0.1) is 0 Å². The van der Waals surface area contributed by atoms with Crippen LogP contribution in [0.4, 0.5) is 0 Å². The van der Waals surface area contributed by atoms with Gasteiger partial charge in [0.05, 0.1) is 6.10 Å². The normalized spacial score (nSPS) is 11.6. The number of amides is 1. The molecule has 0 aromatic rings. The molecule has 8 nitrogen and oxygen atoms in total. The number of hydrogen-bond donors (Lipinski definition) is 5. The molecular formula is C21H44N4O4.